The van der Waals surface area contributed by atoms with Crippen molar-refractivity contribution in [3.8, 4) is 17.2 Å². The summed E-state index contributed by atoms with van der Waals surface area (Å²) in [7, 11) is 1.65. The van der Waals surface area contributed by atoms with Crippen LogP contribution in [0.1, 0.15) is 31.9 Å². The quantitative estimate of drug-likeness (QED) is 0.511. The highest BCUT2D eigenvalue weighted by Gasteiger charge is 2.13. The van der Waals surface area contributed by atoms with E-state index in [1.54, 1.807) is 19.4 Å². The summed E-state index contributed by atoms with van der Waals surface area (Å²) >= 11 is 6.36. The molecule has 2 rings (SSSR count). The number of ether oxygens (including phenoxy) is 3. The fourth-order valence-corrected chi connectivity index (χ4v) is 2.64. The SMILES string of the molecule is CCOc1cc(/C=N/NCc2ccccc2OC)cc(Cl)c1OC(C)C. The molecule has 0 bridgehead atoms. The zero-order chi connectivity index (χ0) is 18.9. The molecule has 0 saturated heterocycles. The number of methoxy groups -OCH3 is 1. The van der Waals surface area contributed by atoms with Crippen LogP contribution in [-0.4, -0.2) is 26.0 Å². The highest BCUT2D eigenvalue weighted by molar-refractivity contribution is 6.32. The number of nitrogens with one attached hydrogen (secondary N) is 1. The van der Waals surface area contributed by atoms with E-state index in [1.807, 2.05) is 51.1 Å². The summed E-state index contributed by atoms with van der Waals surface area (Å²) in [6.07, 6.45) is 1.71. The highest BCUT2D eigenvalue weighted by Crippen LogP contribution is 2.37. The minimum Gasteiger partial charge on any atom is -0.496 e. The molecule has 0 amide bonds. The predicted octanol–water partition coefficient (Wildman–Crippen LogP) is 4.66. The van der Waals surface area contributed by atoms with Crippen LogP contribution in [0.3, 0.4) is 0 Å². The van der Waals surface area contributed by atoms with Crippen molar-refractivity contribution in [3.63, 3.8) is 0 Å². The Morgan fingerprint density at radius 3 is 2.65 bits per heavy atom. The van der Waals surface area contributed by atoms with Gasteiger partial charge in [-0.1, -0.05) is 29.8 Å². The Bertz CT molecular complexity index is 748. The lowest BCUT2D eigenvalue weighted by atomic mass is 10.2. The van der Waals surface area contributed by atoms with E-state index in [0.29, 0.717) is 29.7 Å². The van der Waals surface area contributed by atoms with Crippen LogP contribution in [0.2, 0.25) is 5.02 Å². The summed E-state index contributed by atoms with van der Waals surface area (Å²) in [5.74, 6) is 1.99. The van der Waals surface area contributed by atoms with Crippen LogP contribution in [0.4, 0.5) is 0 Å². The molecule has 1 N–H and O–H groups in total. The van der Waals surface area contributed by atoms with Crippen molar-refractivity contribution in [1.29, 1.82) is 0 Å². The van der Waals surface area contributed by atoms with Gasteiger partial charge in [0.05, 0.1) is 37.6 Å². The normalized spacial score (nSPS) is 11.0. The van der Waals surface area contributed by atoms with Crippen LogP contribution in [0, 0.1) is 0 Å². The summed E-state index contributed by atoms with van der Waals surface area (Å²) in [5.41, 5.74) is 4.87. The van der Waals surface area contributed by atoms with Crippen molar-refractivity contribution in [3.05, 3.63) is 52.5 Å². The fourth-order valence-electron chi connectivity index (χ4n) is 2.38. The smallest absolute Gasteiger partial charge is 0.180 e. The largest absolute Gasteiger partial charge is 0.496 e. The Labute approximate surface area is 159 Å². The van der Waals surface area contributed by atoms with Crippen molar-refractivity contribution in [2.45, 2.75) is 33.4 Å². The summed E-state index contributed by atoms with van der Waals surface area (Å²) < 4.78 is 16.7. The van der Waals surface area contributed by atoms with Gasteiger partial charge in [0.2, 0.25) is 0 Å². The number of hydrazone groups is 1. The Morgan fingerprint density at radius 2 is 1.96 bits per heavy atom. The molecule has 0 saturated carbocycles. The van der Waals surface area contributed by atoms with Gasteiger partial charge in [-0.3, -0.25) is 0 Å². The van der Waals surface area contributed by atoms with Gasteiger partial charge in [-0.25, -0.2) is 0 Å². The first-order valence-electron chi connectivity index (χ1n) is 8.56. The Balaban J connectivity index is 2.09. The van der Waals surface area contributed by atoms with E-state index in [-0.39, 0.29) is 6.10 Å². The number of halogens is 1. The molecular formula is C20H25ClN2O3. The van der Waals surface area contributed by atoms with Crippen molar-refractivity contribution in [2.75, 3.05) is 13.7 Å². The van der Waals surface area contributed by atoms with E-state index >= 15 is 0 Å². The second-order valence-electron chi connectivity index (χ2n) is 5.83. The van der Waals surface area contributed by atoms with Crippen LogP contribution >= 0.6 is 11.6 Å². The van der Waals surface area contributed by atoms with Gasteiger partial charge in [0.1, 0.15) is 5.75 Å². The van der Waals surface area contributed by atoms with Crippen LogP contribution < -0.4 is 19.6 Å². The van der Waals surface area contributed by atoms with Crippen molar-refractivity contribution in [1.82, 2.24) is 5.43 Å². The molecule has 2 aromatic carbocycles. The van der Waals surface area contributed by atoms with Crippen LogP contribution in [0.5, 0.6) is 17.2 Å². The second kappa shape index (κ2) is 9.92. The number of nitrogens with zero attached hydrogens (tertiary/aromatic N) is 1. The first-order chi connectivity index (χ1) is 12.5. The third-order valence-electron chi connectivity index (χ3n) is 3.45. The average Bonchev–Trinajstić information content (AvgIpc) is 2.62. The van der Waals surface area contributed by atoms with Gasteiger partial charge in [0.15, 0.2) is 11.5 Å². The fraction of sp³-hybridized carbons (Fsp3) is 0.350. The number of para-hydroxylation sites is 1. The second-order valence-corrected chi connectivity index (χ2v) is 6.24. The maximum absolute atomic E-state index is 6.36. The van der Waals surface area contributed by atoms with Gasteiger partial charge in [0, 0.05) is 5.56 Å². The van der Waals surface area contributed by atoms with Gasteiger partial charge >= 0.3 is 0 Å². The molecule has 26 heavy (non-hydrogen) atoms. The van der Waals surface area contributed by atoms with Crippen LogP contribution in [0.15, 0.2) is 41.5 Å². The summed E-state index contributed by atoms with van der Waals surface area (Å²) in [6.45, 7) is 6.90. The number of hydrogen-bond donors (Lipinski definition) is 1. The van der Waals surface area contributed by atoms with E-state index in [9.17, 15) is 0 Å². The molecule has 2 aromatic rings. The third kappa shape index (κ3) is 5.56. The van der Waals surface area contributed by atoms with Crippen molar-refractivity contribution in [2.24, 2.45) is 5.10 Å². The Morgan fingerprint density at radius 1 is 1.19 bits per heavy atom. The summed E-state index contributed by atoms with van der Waals surface area (Å²) in [6, 6.07) is 11.5. The highest BCUT2D eigenvalue weighted by atomic mass is 35.5. The molecule has 0 aliphatic carbocycles. The lowest BCUT2D eigenvalue weighted by Crippen LogP contribution is -2.09. The Hall–Kier alpha value is -2.40. The molecule has 0 atom stereocenters. The van der Waals surface area contributed by atoms with E-state index in [0.717, 1.165) is 16.9 Å². The van der Waals surface area contributed by atoms with E-state index in [1.165, 1.54) is 0 Å². The average molecular weight is 377 g/mol. The van der Waals surface area contributed by atoms with Crippen molar-refractivity contribution < 1.29 is 14.2 Å². The molecule has 0 aromatic heterocycles. The zero-order valence-corrected chi connectivity index (χ0v) is 16.3. The zero-order valence-electron chi connectivity index (χ0n) is 15.6. The molecule has 0 aliphatic heterocycles. The molecule has 6 heteroatoms. The predicted molar refractivity (Wildman–Crippen MR) is 106 cm³/mol. The third-order valence-corrected chi connectivity index (χ3v) is 3.73. The molecule has 0 heterocycles. The molecule has 0 fully saturated rings. The minimum atomic E-state index is 0.00810. The summed E-state index contributed by atoms with van der Waals surface area (Å²) in [5, 5.41) is 4.76. The van der Waals surface area contributed by atoms with Crippen LogP contribution in [0.25, 0.3) is 0 Å². The van der Waals surface area contributed by atoms with Crippen molar-refractivity contribution >= 4 is 17.8 Å². The van der Waals surface area contributed by atoms with Gasteiger partial charge < -0.3 is 19.6 Å². The maximum atomic E-state index is 6.36. The summed E-state index contributed by atoms with van der Waals surface area (Å²) in [4.78, 5) is 0. The number of benzene rings is 2. The lowest BCUT2D eigenvalue weighted by molar-refractivity contribution is 0.224. The first kappa shape index (κ1) is 19.9. The molecule has 0 aliphatic rings. The standard InChI is InChI=1S/C20H25ClN2O3/c1-5-25-19-11-15(10-17(21)20(19)26-14(2)3)12-22-23-13-16-8-6-7-9-18(16)24-4/h6-12,14,23H,5,13H2,1-4H3/b22-12+. The topological polar surface area (TPSA) is 52.1 Å². The maximum Gasteiger partial charge on any atom is 0.180 e. The molecular weight excluding hydrogens is 352 g/mol. The molecule has 5 nitrogen and oxygen atoms in total. The van der Waals surface area contributed by atoms with Crippen LogP contribution in [-0.2, 0) is 6.54 Å². The first-order valence-corrected chi connectivity index (χ1v) is 8.93. The molecule has 0 radical (unpaired) electrons. The van der Waals surface area contributed by atoms with Gasteiger partial charge in [-0.15, -0.1) is 0 Å². The van der Waals surface area contributed by atoms with Gasteiger partial charge in [0.25, 0.3) is 0 Å². The monoisotopic (exact) mass is 376 g/mol. The molecule has 0 unspecified atom stereocenters. The molecule has 140 valence electrons. The van der Waals surface area contributed by atoms with E-state index in [2.05, 4.69) is 10.5 Å². The van der Waals surface area contributed by atoms with Gasteiger partial charge in [-0.2, -0.15) is 5.10 Å². The number of rotatable bonds is 9. The Kier molecular flexibility index (Phi) is 7.60. The van der Waals surface area contributed by atoms with E-state index < -0.39 is 0 Å². The lowest BCUT2D eigenvalue weighted by Gasteiger charge is -2.16. The number of hydrogen-bond acceptors (Lipinski definition) is 5. The van der Waals surface area contributed by atoms with E-state index in [4.69, 9.17) is 25.8 Å². The minimum absolute atomic E-state index is 0.00810. The van der Waals surface area contributed by atoms with Gasteiger partial charge in [-0.05, 0) is 44.5 Å². The molecule has 0 spiro atoms.